The topological polar surface area (TPSA) is 238 Å². The van der Waals surface area contributed by atoms with Crippen molar-refractivity contribution in [2.24, 2.45) is 11.3 Å². The lowest BCUT2D eigenvalue weighted by atomic mass is 9.85. The van der Waals surface area contributed by atoms with Crippen LogP contribution in [0.3, 0.4) is 0 Å². The number of carbonyl (C=O) groups excluding carboxylic acids is 8. The zero-order valence-corrected chi connectivity index (χ0v) is 39.9. The molecule has 0 aliphatic carbocycles. The van der Waals surface area contributed by atoms with Crippen LogP contribution in [0.4, 0.5) is 13.2 Å². The molecule has 1 heterocycles. The average molecular weight is 973 g/mol. The van der Waals surface area contributed by atoms with E-state index in [1.807, 2.05) is 5.32 Å². The van der Waals surface area contributed by atoms with Crippen LogP contribution in [0.2, 0.25) is 0 Å². The predicted molar refractivity (Wildman–Crippen MR) is 248 cm³/mol. The summed E-state index contributed by atoms with van der Waals surface area (Å²) in [6.07, 6.45) is -6.48. The summed E-state index contributed by atoms with van der Waals surface area (Å²) in [6.45, 7) is 8.77. The van der Waals surface area contributed by atoms with Gasteiger partial charge in [0.25, 0.3) is 0 Å². The average Bonchev–Trinajstić information content (AvgIpc) is 3.82. The van der Waals surface area contributed by atoms with Gasteiger partial charge in [-0.3, -0.25) is 33.6 Å². The summed E-state index contributed by atoms with van der Waals surface area (Å²) in [5.74, 6) is -5.68. The fourth-order valence-corrected chi connectivity index (χ4v) is 7.53. The zero-order chi connectivity index (χ0) is 50.6. The molecule has 6 amide bonds. The summed E-state index contributed by atoms with van der Waals surface area (Å²) in [6, 6.07) is 10.1. The summed E-state index contributed by atoms with van der Waals surface area (Å²) in [7, 11) is 0. The lowest BCUT2D eigenvalue weighted by molar-refractivity contribution is -0.147. The summed E-state index contributed by atoms with van der Waals surface area (Å²) >= 11 is 1.27. The van der Waals surface area contributed by atoms with Gasteiger partial charge in [-0.1, -0.05) is 95.3 Å². The minimum atomic E-state index is -4.77. The smallest absolute Gasteiger partial charge is 0.391 e. The number of alkyl halides is 3. The van der Waals surface area contributed by atoms with Crippen molar-refractivity contribution in [3.05, 3.63) is 93.7 Å². The van der Waals surface area contributed by atoms with Gasteiger partial charge < -0.3 is 46.5 Å². The molecule has 0 aliphatic heterocycles. The van der Waals surface area contributed by atoms with Crippen molar-refractivity contribution in [2.45, 2.75) is 129 Å². The third-order valence-electron chi connectivity index (χ3n) is 10.5. The summed E-state index contributed by atoms with van der Waals surface area (Å²) in [5.41, 5.74) is 1.04. The van der Waals surface area contributed by atoms with Gasteiger partial charge in [-0.05, 0) is 59.2 Å². The number of hydrogen-bond acceptors (Lipinski definition) is 11. The molecule has 7 N–H and O–H groups in total. The second kappa shape index (κ2) is 27.1. The van der Waals surface area contributed by atoms with Gasteiger partial charge in [-0.2, -0.15) is 13.2 Å². The van der Waals surface area contributed by atoms with Crippen LogP contribution in [0.15, 0.2) is 72.1 Å². The Morgan fingerprint density at radius 2 is 1.32 bits per heavy atom. The number of rotatable bonds is 27. The van der Waals surface area contributed by atoms with E-state index in [-0.39, 0.29) is 56.7 Å². The number of amides is 6. The maximum absolute atomic E-state index is 14.4. The molecular weight excluding hydrogens is 910 g/mol. The van der Waals surface area contributed by atoms with Crippen molar-refractivity contribution in [1.82, 2.24) is 31.9 Å². The second-order valence-corrected chi connectivity index (χ2v) is 18.8. The predicted octanol–water partition coefficient (Wildman–Crippen LogP) is 4.01. The largest absolute Gasteiger partial charge is 0.394 e. The number of aliphatic hydroxyl groups excluding tert-OH is 1. The van der Waals surface area contributed by atoms with Gasteiger partial charge in [0, 0.05) is 19.3 Å². The highest BCUT2D eigenvalue weighted by Crippen LogP contribution is 2.23. The quantitative estimate of drug-likeness (QED) is 0.0428. The van der Waals surface area contributed by atoms with Crippen LogP contribution in [0.5, 0.6) is 0 Å². The number of benzene rings is 2. The Hall–Kier alpha value is -5.99. The van der Waals surface area contributed by atoms with Crippen LogP contribution in [0, 0.1) is 18.3 Å². The highest BCUT2D eigenvalue weighted by Gasteiger charge is 2.39. The molecule has 2 aromatic carbocycles. The molecule has 0 aliphatic rings. The Kier molecular flexibility index (Phi) is 22.5. The highest BCUT2D eigenvalue weighted by molar-refractivity contribution is 7.12. The standard InChI is InChI=1S/C48H63F3N6O10S/c1-29(2)22-34(42(62)52-33(25-58)24-48(49,50)51)55-46(66)41(47(4,5)6)57-43(63)35(23-32-17-11-10-14-30(32)3)54-45(65)37(28-67-27-31-15-8-7-9-16-31)56-44(64)36(26-59)53-40(61)20-12-18-38(60)39-19-13-21-68-39/h7-11,13-17,19,21,25,29,33-37,41,59H,12,18,20,22-24,26-28H2,1-6H3,(H,52,62)(H,53,61)(H,54,65)(H,55,66)(H,56,64)(H,57,63)/t33?,34-,35-,36-,37+,41+/m0/s1. The molecular formula is C48H63F3N6O10S. The Morgan fingerprint density at radius 1 is 0.721 bits per heavy atom. The van der Waals surface area contributed by atoms with Crippen molar-refractivity contribution in [3.8, 4) is 0 Å². The number of aldehydes is 1. The van der Waals surface area contributed by atoms with Gasteiger partial charge in [-0.25, -0.2) is 0 Å². The fraction of sp³-hybridized carbons (Fsp3) is 0.500. The van der Waals surface area contributed by atoms with E-state index in [1.165, 1.54) is 11.3 Å². The van der Waals surface area contributed by atoms with Crippen LogP contribution in [0.25, 0.3) is 0 Å². The van der Waals surface area contributed by atoms with Gasteiger partial charge in [0.15, 0.2) is 5.78 Å². The summed E-state index contributed by atoms with van der Waals surface area (Å²) in [5, 5.41) is 26.8. The normalized spacial score (nSPS) is 14.3. The van der Waals surface area contributed by atoms with Gasteiger partial charge >= 0.3 is 6.18 Å². The Morgan fingerprint density at radius 3 is 1.91 bits per heavy atom. The SMILES string of the molecule is Cc1ccccc1C[C@H](NC(=O)[C@@H](COCc1ccccc1)NC(=O)[C@H](CO)NC(=O)CCCC(=O)c1cccs1)C(=O)N[C@H](C(=O)N[C@@H](CC(C)C)C(=O)NC(C=O)CC(F)(F)F)C(C)(C)C. The lowest BCUT2D eigenvalue weighted by Gasteiger charge is -2.34. The minimum Gasteiger partial charge on any atom is -0.394 e. The van der Waals surface area contributed by atoms with E-state index >= 15 is 0 Å². The molecule has 0 radical (unpaired) electrons. The van der Waals surface area contributed by atoms with E-state index in [0.29, 0.717) is 10.4 Å². The van der Waals surface area contributed by atoms with Crippen LogP contribution >= 0.6 is 11.3 Å². The maximum Gasteiger partial charge on any atom is 0.391 e. The third kappa shape index (κ3) is 19.7. The molecule has 6 atom stereocenters. The molecule has 0 fully saturated rings. The zero-order valence-electron chi connectivity index (χ0n) is 39.1. The number of halogens is 3. The number of ether oxygens (including phenoxy) is 1. The van der Waals surface area contributed by atoms with Gasteiger partial charge in [-0.15, -0.1) is 11.3 Å². The van der Waals surface area contributed by atoms with Crippen LogP contribution in [0.1, 0.15) is 93.1 Å². The van der Waals surface area contributed by atoms with Crippen molar-refractivity contribution in [3.63, 3.8) is 0 Å². The third-order valence-corrected chi connectivity index (χ3v) is 11.4. The van der Waals surface area contributed by atoms with Crippen molar-refractivity contribution >= 4 is 58.8 Å². The van der Waals surface area contributed by atoms with E-state index in [2.05, 4.69) is 26.6 Å². The molecule has 1 aromatic heterocycles. The van der Waals surface area contributed by atoms with E-state index < -0.39 is 103 Å². The fourth-order valence-electron chi connectivity index (χ4n) is 6.84. The number of thiophene rings is 1. The molecule has 20 heteroatoms. The molecule has 0 saturated heterocycles. The molecule has 1 unspecified atom stereocenters. The van der Waals surface area contributed by atoms with Crippen molar-refractivity contribution in [1.29, 1.82) is 0 Å². The number of aliphatic hydroxyl groups is 1. The number of aryl methyl sites for hydroxylation is 1. The number of nitrogens with one attached hydrogen (secondary N) is 6. The van der Waals surface area contributed by atoms with Gasteiger partial charge in [0.1, 0.15) is 36.5 Å². The number of hydrogen-bond donors (Lipinski definition) is 7. The summed E-state index contributed by atoms with van der Waals surface area (Å²) in [4.78, 5) is 107. The first kappa shape index (κ1) is 56.3. The van der Waals surface area contributed by atoms with E-state index in [4.69, 9.17) is 4.74 Å². The van der Waals surface area contributed by atoms with Crippen molar-refractivity contribution < 1.29 is 61.4 Å². The highest BCUT2D eigenvalue weighted by atomic mass is 32.1. The molecule has 16 nitrogen and oxygen atoms in total. The monoisotopic (exact) mass is 972 g/mol. The molecule has 68 heavy (non-hydrogen) atoms. The first-order valence-corrected chi connectivity index (χ1v) is 23.1. The Bertz CT molecular complexity index is 2150. The van der Waals surface area contributed by atoms with Crippen molar-refractivity contribution in [2.75, 3.05) is 13.2 Å². The molecule has 0 bridgehead atoms. The van der Waals surface area contributed by atoms with E-state index in [9.17, 15) is 56.6 Å². The Balaban J connectivity index is 1.88. The Labute approximate surface area is 398 Å². The molecule has 372 valence electrons. The van der Waals surface area contributed by atoms with Gasteiger partial charge in [0.2, 0.25) is 35.4 Å². The lowest BCUT2D eigenvalue weighted by Crippen LogP contribution is -2.62. The maximum atomic E-state index is 14.4. The van der Waals surface area contributed by atoms with Crippen LogP contribution in [-0.2, 0) is 51.3 Å². The van der Waals surface area contributed by atoms with E-state index in [1.54, 1.807) is 114 Å². The first-order valence-electron chi connectivity index (χ1n) is 22.2. The van der Waals surface area contributed by atoms with E-state index in [0.717, 1.165) is 11.1 Å². The van der Waals surface area contributed by atoms with Crippen LogP contribution in [-0.4, -0.2) is 108 Å². The molecule has 0 saturated carbocycles. The molecule has 3 rings (SSSR count). The molecule has 0 spiro atoms. The second-order valence-electron chi connectivity index (χ2n) is 17.9. The number of ketones is 1. The molecule has 3 aromatic rings. The minimum absolute atomic E-state index is 0.00824. The van der Waals surface area contributed by atoms with Gasteiger partial charge in [0.05, 0.1) is 37.2 Å². The number of Topliss-reactive ketones (excluding diaryl/α,β-unsaturated/α-hetero) is 1. The van der Waals surface area contributed by atoms with Crippen LogP contribution < -0.4 is 31.9 Å². The first-order chi connectivity index (χ1) is 32.0. The summed E-state index contributed by atoms with van der Waals surface area (Å²) < 4.78 is 45.2. The number of carbonyl (C=O) groups is 8.